The fraction of sp³-hybridized carbons (Fsp3) is 0.421. The highest BCUT2D eigenvalue weighted by Gasteiger charge is 2.46. The van der Waals surface area contributed by atoms with Crippen LogP contribution in [0.1, 0.15) is 19.1 Å². The van der Waals surface area contributed by atoms with Gasteiger partial charge < -0.3 is 27.9 Å². The molecular formula is C19H22N2O5. The Morgan fingerprint density at radius 2 is 2.15 bits per heavy atom. The van der Waals surface area contributed by atoms with Crippen molar-refractivity contribution in [2.24, 2.45) is 0 Å². The number of benzene rings is 1. The first-order valence-electron chi connectivity index (χ1n) is 8.61. The monoisotopic (exact) mass is 358 g/mol. The molecule has 3 aromatic rings. The molecule has 0 saturated carbocycles. The molecule has 0 N–H and O–H groups in total. The van der Waals surface area contributed by atoms with E-state index in [1.54, 1.807) is 32.8 Å². The van der Waals surface area contributed by atoms with Crippen molar-refractivity contribution in [2.75, 3.05) is 20.8 Å². The van der Waals surface area contributed by atoms with Crippen LogP contribution in [0.4, 0.5) is 0 Å². The van der Waals surface area contributed by atoms with Gasteiger partial charge in [-0.15, -0.1) is 0 Å². The number of aromatic nitrogens is 2. The molecule has 2 aromatic heterocycles. The lowest BCUT2D eigenvalue weighted by Gasteiger charge is -2.26. The molecule has 4 rings (SSSR count). The van der Waals surface area contributed by atoms with Crippen LogP contribution in [0.3, 0.4) is 0 Å². The number of methoxy groups -OCH3 is 2. The maximum Gasteiger partial charge on any atom is 0.247 e. The maximum absolute atomic E-state index is 6.28. The zero-order valence-electron chi connectivity index (χ0n) is 15.1. The van der Waals surface area contributed by atoms with E-state index in [-0.39, 0.29) is 6.10 Å². The van der Waals surface area contributed by atoms with E-state index in [2.05, 4.69) is 11.9 Å². The van der Waals surface area contributed by atoms with Crippen molar-refractivity contribution in [1.29, 1.82) is 0 Å². The molecule has 2 unspecified atom stereocenters. The molecule has 1 fully saturated rings. The van der Waals surface area contributed by atoms with Gasteiger partial charge in [0.05, 0.1) is 39.8 Å². The summed E-state index contributed by atoms with van der Waals surface area (Å²) >= 11 is 0. The topological polar surface area (TPSA) is 67.9 Å². The van der Waals surface area contributed by atoms with Gasteiger partial charge in [-0.1, -0.05) is 6.92 Å². The van der Waals surface area contributed by atoms with Gasteiger partial charge in [-0.3, -0.25) is 0 Å². The van der Waals surface area contributed by atoms with E-state index in [0.29, 0.717) is 36.0 Å². The number of imidazole rings is 1. The molecule has 0 amide bonds. The number of furan rings is 1. The van der Waals surface area contributed by atoms with Crippen LogP contribution in [0.5, 0.6) is 11.5 Å². The number of rotatable bonds is 6. The normalized spacial score (nSPS) is 22.8. The molecule has 1 saturated heterocycles. The van der Waals surface area contributed by atoms with Gasteiger partial charge in [-0.2, -0.15) is 0 Å². The van der Waals surface area contributed by atoms with E-state index in [0.717, 1.165) is 11.8 Å². The highest BCUT2D eigenvalue weighted by Crippen LogP contribution is 2.42. The number of nitrogens with zero attached hydrogens (tertiary/aromatic N) is 2. The third kappa shape index (κ3) is 2.83. The van der Waals surface area contributed by atoms with Crippen molar-refractivity contribution in [1.82, 2.24) is 9.55 Å². The summed E-state index contributed by atoms with van der Waals surface area (Å²) in [6, 6.07) is 5.63. The fourth-order valence-electron chi connectivity index (χ4n) is 3.23. The Kier molecular flexibility index (Phi) is 4.34. The Bertz CT molecular complexity index is 889. The number of fused-ring (bicyclic) bond motifs is 1. The first kappa shape index (κ1) is 16.9. The molecule has 0 spiro atoms. The summed E-state index contributed by atoms with van der Waals surface area (Å²) in [7, 11) is 3.23. The third-order valence-electron chi connectivity index (χ3n) is 4.65. The van der Waals surface area contributed by atoms with Gasteiger partial charge in [0.2, 0.25) is 5.79 Å². The van der Waals surface area contributed by atoms with E-state index >= 15 is 0 Å². The lowest BCUT2D eigenvalue weighted by Crippen LogP contribution is -2.32. The minimum atomic E-state index is -1.00. The molecule has 3 heterocycles. The number of hydrogen-bond acceptors (Lipinski definition) is 6. The minimum Gasteiger partial charge on any atom is -0.497 e. The van der Waals surface area contributed by atoms with Gasteiger partial charge >= 0.3 is 0 Å². The van der Waals surface area contributed by atoms with Crippen molar-refractivity contribution in [2.45, 2.75) is 31.8 Å². The van der Waals surface area contributed by atoms with Crippen LogP contribution in [0.2, 0.25) is 0 Å². The summed E-state index contributed by atoms with van der Waals surface area (Å²) < 4.78 is 31.3. The summed E-state index contributed by atoms with van der Waals surface area (Å²) in [5, 5.41) is 0.869. The average molecular weight is 358 g/mol. The van der Waals surface area contributed by atoms with Crippen molar-refractivity contribution in [3.05, 3.63) is 42.7 Å². The Hall–Kier alpha value is -2.51. The summed E-state index contributed by atoms with van der Waals surface area (Å²) in [5.41, 5.74) is 0.639. The third-order valence-corrected chi connectivity index (χ3v) is 4.65. The van der Waals surface area contributed by atoms with Crippen LogP contribution in [0.15, 0.2) is 41.3 Å². The van der Waals surface area contributed by atoms with Gasteiger partial charge in [0.25, 0.3) is 0 Å². The van der Waals surface area contributed by atoms with E-state index < -0.39 is 5.79 Å². The first-order chi connectivity index (χ1) is 12.7. The molecular weight excluding hydrogens is 336 g/mol. The van der Waals surface area contributed by atoms with E-state index in [4.69, 9.17) is 23.4 Å². The molecule has 0 bridgehead atoms. The molecule has 1 aliphatic heterocycles. The molecule has 7 nitrogen and oxygen atoms in total. The van der Waals surface area contributed by atoms with Gasteiger partial charge in [0.1, 0.15) is 5.75 Å². The van der Waals surface area contributed by atoms with E-state index in [9.17, 15) is 0 Å². The Morgan fingerprint density at radius 1 is 1.27 bits per heavy atom. The molecule has 2 atom stereocenters. The Labute approximate surface area is 151 Å². The van der Waals surface area contributed by atoms with Crippen LogP contribution in [0.25, 0.3) is 11.0 Å². The van der Waals surface area contributed by atoms with Crippen LogP contribution >= 0.6 is 0 Å². The van der Waals surface area contributed by atoms with Crippen molar-refractivity contribution < 1.29 is 23.4 Å². The molecule has 1 aliphatic rings. The van der Waals surface area contributed by atoms with Crippen LogP contribution in [0, 0.1) is 0 Å². The molecule has 0 radical (unpaired) electrons. The first-order valence-corrected chi connectivity index (χ1v) is 8.61. The van der Waals surface area contributed by atoms with Gasteiger partial charge in [-0.05, 0) is 18.6 Å². The van der Waals surface area contributed by atoms with E-state index in [1.165, 1.54) is 0 Å². The molecule has 0 aliphatic carbocycles. The highest BCUT2D eigenvalue weighted by molar-refractivity contribution is 5.85. The van der Waals surface area contributed by atoms with Crippen molar-refractivity contribution in [3.8, 4) is 11.5 Å². The molecule has 138 valence electrons. The predicted octanol–water partition coefficient (Wildman–Crippen LogP) is 3.32. The van der Waals surface area contributed by atoms with Crippen LogP contribution in [-0.4, -0.2) is 36.5 Å². The summed E-state index contributed by atoms with van der Waals surface area (Å²) in [6.45, 7) is 3.04. The lowest BCUT2D eigenvalue weighted by atomic mass is 10.1. The van der Waals surface area contributed by atoms with Gasteiger partial charge in [-0.25, -0.2) is 4.98 Å². The molecule has 26 heavy (non-hydrogen) atoms. The predicted molar refractivity (Wildman–Crippen MR) is 94.3 cm³/mol. The zero-order valence-corrected chi connectivity index (χ0v) is 15.1. The summed E-state index contributed by atoms with van der Waals surface area (Å²) in [4.78, 5) is 4.11. The van der Waals surface area contributed by atoms with Gasteiger partial charge in [0.15, 0.2) is 17.1 Å². The molecule has 1 aromatic carbocycles. The maximum atomic E-state index is 6.28. The van der Waals surface area contributed by atoms with E-state index in [1.807, 2.05) is 22.9 Å². The number of hydrogen-bond donors (Lipinski definition) is 0. The lowest BCUT2D eigenvalue weighted by molar-refractivity contribution is -0.198. The number of ether oxygens (including phenoxy) is 4. The zero-order chi connectivity index (χ0) is 18.1. The van der Waals surface area contributed by atoms with Gasteiger partial charge in [0, 0.05) is 23.8 Å². The summed E-state index contributed by atoms with van der Waals surface area (Å²) in [6.07, 6.45) is 6.22. The SMILES string of the molecule is CCC1COC(Cn2ccnc2)(c2cc3cc(OC)cc(OC)c3o2)O1. The summed E-state index contributed by atoms with van der Waals surface area (Å²) in [5.74, 6) is 0.903. The second-order valence-electron chi connectivity index (χ2n) is 6.31. The second-order valence-corrected chi connectivity index (χ2v) is 6.31. The van der Waals surface area contributed by atoms with Crippen LogP contribution in [-0.2, 0) is 21.8 Å². The molecule has 7 heteroatoms. The second kappa shape index (κ2) is 6.66. The van der Waals surface area contributed by atoms with Crippen molar-refractivity contribution >= 4 is 11.0 Å². The van der Waals surface area contributed by atoms with Crippen molar-refractivity contribution in [3.63, 3.8) is 0 Å². The standard InChI is InChI=1S/C19H22N2O5/c1-4-14-10-24-19(26-14,11-21-6-5-20-12-21)17-8-13-7-15(22-2)9-16(23-3)18(13)25-17/h5-9,12,14H,4,10-11H2,1-3H3. The quantitative estimate of drug-likeness (QED) is 0.673. The smallest absolute Gasteiger partial charge is 0.247 e. The van der Waals surface area contributed by atoms with Crippen LogP contribution < -0.4 is 9.47 Å². The highest BCUT2D eigenvalue weighted by atomic mass is 16.8. The fourth-order valence-corrected chi connectivity index (χ4v) is 3.23. The average Bonchev–Trinajstić information content (AvgIpc) is 3.40. The Balaban J connectivity index is 1.80. The Morgan fingerprint density at radius 3 is 2.81 bits per heavy atom. The largest absolute Gasteiger partial charge is 0.497 e. The minimum absolute atomic E-state index is 0.0168.